The van der Waals surface area contributed by atoms with Gasteiger partial charge in [0.1, 0.15) is 24.1 Å². The van der Waals surface area contributed by atoms with E-state index in [9.17, 15) is 25.2 Å². The highest BCUT2D eigenvalue weighted by Crippen LogP contribution is 2.24. The zero-order chi connectivity index (χ0) is 28.2. The normalized spacial score (nSPS) is 20.9. The van der Waals surface area contributed by atoms with Gasteiger partial charge in [-0.15, -0.1) is 0 Å². The van der Waals surface area contributed by atoms with Gasteiger partial charge in [-0.25, -0.2) is 3.11 Å². The molecule has 1 amide bonds. The largest absolute Gasteiger partial charge is 0.494 e. The Hall–Kier alpha value is -1.06. The number of nitrogens with one attached hydrogen (secondary N) is 1. The Morgan fingerprint density at radius 2 is 1.56 bits per heavy atom. The minimum atomic E-state index is -1.62. The number of likely N-dealkylation sites (tertiary alicyclic amines) is 1. The van der Waals surface area contributed by atoms with Gasteiger partial charge in [0.15, 0.2) is 0 Å². The van der Waals surface area contributed by atoms with Crippen LogP contribution in [0.5, 0.6) is 5.75 Å². The van der Waals surface area contributed by atoms with E-state index in [4.69, 9.17) is 9.84 Å². The van der Waals surface area contributed by atoms with Gasteiger partial charge < -0.3 is 40.5 Å². The number of rotatable bonds is 15. The van der Waals surface area contributed by atoms with Crippen molar-refractivity contribution in [2.45, 2.75) is 69.4 Å². The summed E-state index contributed by atoms with van der Waals surface area (Å²) in [5.74, 6) is 2.11. The number of carbonyl (C=O) groups is 1. The summed E-state index contributed by atoms with van der Waals surface area (Å²) >= 11 is 2.41. The summed E-state index contributed by atoms with van der Waals surface area (Å²) in [5.41, 5.74) is 0.975. The second-order valence-corrected chi connectivity index (χ2v) is 12.3. The average Bonchev–Trinajstić information content (AvgIpc) is 2.96. The Morgan fingerprint density at radius 1 is 0.949 bits per heavy atom. The van der Waals surface area contributed by atoms with Crippen LogP contribution in [-0.2, 0) is 11.2 Å². The summed E-state index contributed by atoms with van der Waals surface area (Å²) < 4.78 is 8.28. The number of hydrogen-bond donors (Lipinski definition) is 6. The topological polar surface area (TPSA) is 146 Å². The van der Waals surface area contributed by atoms with Gasteiger partial charge in [0.25, 0.3) is 0 Å². The SMILES string of the molecule is O=C(Cc1ccc(OCCCC2CCN(I)CC2)cc1)N1CCC(CNC[C@H](O)[C@@H](O)[C@H](O)[C@H](O)CO)CC1. The van der Waals surface area contributed by atoms with Crippen molar-refractivity contribution in [3.63, 3.8) is 0 Å². The first-order valence-corrected chi connectivity index (χ1v) is 15.2. The molecule has 39 heavy (non-hydrogen) atoms. The third-order valence-corrected chi connectivity index (χ3v) is 8.91. The van der Waals surface area contributed by atoms with E-state index in [0.717, 1.165) is 43.1 Å². The van der Waals surface area contributed by atoms with Crippen LogP contribution in [-0.4, -0.2) is 116 Å². The van der Waals surface area contributed by atoms with Gasteiger partial charge in [-0.3, -0.25) is 4.79 Å². The number of carbonyl (C=O) groups excluding carboxylic acids is 1. The molecule has 1 aromatic carbocycles. The Balaban J connectivity index is 1.28. The van der Waals surface area contributed by atoms with Crippen molar-refractivity contribution in [2.75, 3.05) is 52.5 Å². The molecule has 0 bridgehead atoms. The highest BCUT2D eigenvalue weighted by Gasteiger charge is 2.30. The fraction of sp³-hybridized carbons (Fsp3) is 0.750. The van der Waals surface area contributed by atoms with E-state index in [0.29, 0.717) is 32.0 Å². The average molecular weight is 664 g/mol. The number of aliphatic hydroxyl groups excluding tert-OH is 5. The summed E-state index contributed by atoms with van der Waals surface area (Å²) in [6, 6.07) is 7.83. The zero-order valence-corrected chi connectivity index (χ0v) is 24.9. The molecule has 2 fully saturated rings. The summed E-state index contributed by atoms with van der Waals surface area (Å²) in [6.45, 7) is 4.41. The van der Waals surface area contributed by atoms with Crippen molar-refractivity contribution in [1.82, 2.24) is 13.3 Å². The quantitative estimate of drug-likeness (QED) is 0.0909. The van der Waals surface area contributed by atoms with E-state index < -0.39 is 31.0 Å². The molecule has 0 radical (unpaired) electrons. The van der Waals surface area contributed by atoms with Crippen LogP contribution in [0.4, 0.5) is 0 Å². The van der Waals surface area contributed by atoms with Crippen molar-refractivity contribution in [2.24, 2.45) is 11.8 Å². The molecule has 2 aliphatic rings. The third-order valence-electron chi connectivity index (χ3n) is 7.94. The van der Waals surface area contributed by atoms with Gasteiger partial charge >= 0.3 is 0 Å². The minimum absolute atomic E-state index is 0.0489. The van der Waals surface area contributed by atoms with Gasteiger partial charge in [-0.05, 0) is 74.6 Å². The van der Waals surface area contributed by atoms with E-state index in [1.165, 1.54) is 32.4 Å². The van der Waals surface area contributed by atoms with Crippen LogP contribution in [0.15, 0.2) is 24.3 Å². The number of aliphatic hydroxyl groups is 5. The molecule has 3 rings (SSSR count). The number of nitrogens with zero attached hydrogens (tertiary/aromatic N) is 2. The molecule has 0 unspecified atom stereocenters. The Morgan fingerprint density at radius 3 is 2.21 bits per heavy atom. The Bertz CT molecular complexity index is 833. The van der Waals surface area contributed by atoms with Gasteiger partial charge in [-0.2, -0.15) is 0 Å². The molecular weight excluding hydrogens is 617 g/mol. The minimum Gasteiger partial charge on any atom is -0.494 e. The third kappa shape index (κ3) is 11.0. The van der Waals surface area contributed by atoms with Crippen molar-refractivity contribution in [3.05, 3.63) is 29.8 Å². The van der Waals surface area contributed by atoms with Crippen LogP contribution >= 0.6 is 22.9 Å². The summed E-state index contributed by atoms with van der Waals surface area (Å²) in [5, 5.41) is 51.0. The molecule has 2 saturated heterocycles. The molecule has 4 atom stereocenters. The molecule has 1 aromatic rings. The molecule has 0 spiro atoms. The summed E-state index contributed by atoms with van der Waals surface area (Å²) in [6.07, 6.45) is 0.922. The maximum Gasteiger partial charge on any atom is 0.226 e. The highest BCUT2D eigenvalue weighted by molar-refractivity contribution is 14.1. The second-order valence-electron chi connectivity index (χ2n) is 10.9. The van der Waals surface area contributed by atoms with Crippen molar-refractivity contribution >= 4 is 28.8 Å². The molecular formula is C28H46IN3O7. The van der Waals surface area contributed by atoms with Crippen LogP contribution in [0.2, 0.25) is 0 Å². The highest BCUT2D eigenvalue weighted by atomic mass is 127. The van der Waals surface area contributed by atoms with E-state index >= 15 is 0 Å². The van der Waals surface area contributed by atoms with Gasteiger partial charge in [0.05, 0.1) is 25.7 Å². The van der Waals surface area contributed by atoms with Crippen molar-refractivity contribution in [1.29, 1.82) is 0 Å². The van der Waals surface area contributed by atoms with Crippen molar-refractivity contribution < 1.29 is 35.1 Å². The summed E-state index contributed by atoms with van der Waals surface area (Å²) in [4.78, 5) is 14.7. The first-order valence-electron chi connectivity index (χ1n) is 14.2. The zero-order valence-electron chi connectivity index (χ0n) is 22.7. The number of ether oxygens (including phenoxy) is 1. The predicted octanol–water partition coefficient (Wildman–Crippen LogP) is 0.714. The standard InChI is InChI=1S/C28H46IN3O7/c29-32-13-9-20(10-14-32)2-1-15-39-23-5-3-21(4-6-23)16-26(36)31-11-7-22(8-12-31)17-30-18-24(34)27(37)28(38)25(35)19-33/h3-6,20,22,24-25,27-28,30,33-35,37-38H,1-2,7-19H2/t24-,25+,27+,28+/m0/s1. The first-order chi connectivity index (χ1) is 18.8. The van der Waals surface area contributed by atoms with Crippen LogP contribution in [0.1, 0.15) is 44.1 Å². The summed E-state index contributed by atoms with van der Waals surface area (Å²) in [7, 11) is 0. The second kappa shape index (κ2) is 17.0. The van der Waals surface area contributed by atoms with E-state index in [1.807, 2.05) is 29.2 Å². The predicted molar refractivity (Wildman–Crippen MR) is 156 cm³/mol. The lowest BCUT2D eigenvalue weighted by molar-refractivity contribution is -0.131. The van der Waals surface area contributed by atoms with E-state index in [-0.39, 0.29) is 12.5 Å². The molecule has 0 saturated carbocycles. The fourth-order valence-corrected chi connectivity index (χ4v) is 5.80. The lowest BCUT2D eigenvalue weighted by Crippen LogP contribution is -2.49. The number of amides is 1. The van der Waals surface area contributed by atoms with Crippen LogP contribution in [0.25, 0.3) is 0 Å². The Labute approximate surface area is 245 Å². The molecule has 222 valence electrons. The van der Waals surface area contributed by atoms with Crippen LogP contribution in [0, 0.1) is 11.8 Å². The van der Waals surface area contributed by atoms with Crippen LogP contribution in [0.3, 0.4) is 0 Å². The number of benzene rings is 1. The number of hydrogen-bond acceptors (Lipinski definition) is 9. The fourth-order valence-electron chi connectivity index (χ4n) is 5.25. The van der Waals surface area contributed by atoms with E-state index in [2.05, 4.69) is 31.3 Å². The lowest BCUT2D eigenvalue weighted by atomic mass is 9.93. The monoisotopic (exact) mass is 663 g/mol. The molecule has 2 aliphatic heterocycles. The molecule has 6 N–H and O–H groups in total. The van der Waals surface area contributed by atoms with Crippen LogP contribution < -0.4 is 10.1 Å². The van der Waals surface area contributed by atoms with E-state index in [1.54, 1.807) is 0 Å². The first kappa shape index (κ1) is 32.5. The van der Waals surface area contributed by atoms with Gasteiger partial charge in [0.2, 0.25) is 5.91 Å². The lowest BCUT2D eigenvalue weighted by Gasteiger charge is -2.32. The molecule has 0 aliphatic carbocycles. The maximum atomic E-state index is 12.8. The molecule has 0 aromatic heterocycles. The maximum absolute atomic E-state index is 12.8. The smallest absolute Gasteiger partial charge is 0.226 e. The number of halogens is 1. The molecule has 11 heteroatoms. The van der Waals surface area contributed by atoms with Crippen molar-refractivity contribution in [3.8, 4) is 5.75 Å². The van der Waals surface area contributed by atoms with Gasteiger partial charge in [-0.1, -0.05) is 12.1 Å². The Kier molecular flexibility index (Phi) is 14.2. The number of piperidine rings is 2. The van der Waals surface area contributed by atoms with Gasteiger partial charge in [0, 0.05) is 55.6 Å². The molecule has 10 nitrogen and oxygen atoms in total. The molecule has 2 heterocycles.